The third kappa shape index (κ3) is 4.95. The molecule has 0 unspecified atom stereocenters. The van der Waals surface area contributed by atoms with Gasteiger partial charge in [-0.1, -0.05) is 49.4 Å². The second-order valence-electron chi connectivity index (χ2n) is 7.08. The second-order valence-corrected chi connectivity index (χ2v) is 7.08. The molecule has 0 bridgehead atoms. The lowest BCUT2D eigenvalue weighted by Gasteiger charge is -2.12. The molecule has 1 amide bonds. The Morgan fingerprint density at radius 3 is 2.47 bits per heavy atom. The molecule has 0 aliphatic heterocycles. The molecule has 1 aromatic heterocycles. The number of rotatable bonds is 8. The Hall–Kier alpha value is -4.13. The lowest BCUT2D eigenvalue weighted by Crippen LogP contribution is -2.23. The summed E-state index contributed by atoms with van der Waals surface area (Å²) in [6.07, 6.45) is 0.681. The van der Waals surface area contributed by atoms with E-state index in [9.17, 15) is 9.59 Å². The SMILES string of the molecule is CCc1nc2ccccc2n1CC(=O)OCC(=O)Nc1ccccc1Oc1ccccc1. The number of carbonyl (C=O) groups is 2. The van der Waals surface area contributed by atoms with Gasteiger partial charge in [0.25, 0.3) is 5.91 Å². The summed E-state index contributed by atoms with van der Waals surface area (Å²) in [6.45, 7) is 1.57. The van der Waals surface area contributed by atoms with E-state index >= 15 is 0 Å². The molecule has 32 heavy (non-hydrogen) atoms. The van der Waals surface area contributed by atoms with Crippen LogP contribution >= 0.6 is 0 Å². The molecule has 0 saturated carbocycles. The third-order valence-corrected chi connectivity index (χ3v) is 4.83. The summed E-state index contributed by atoms with van der Waals surface area (Å²) >= 11 is 0. The van der Waals surface area contributed by atoms with Gasteiger partial charge in [-0.25, -0.2) is 4.98 Å². The van der Waals surface area contributed by atoms with Crippen LogP contribution in [0.15, 0.2) is 78.9 Å². The highest BCUT2D eigenvalue weighted by atomic mass is 16.5. The molecular formula is C25H23N3O4. The number of nitrogens with zero attached hydrogens (tertiary/aromatic N) is 2. The number of ether oxygens (including phenoxy) is 2. The average Bonchev–Trinajstić information content (AvgIpc) is 3.17. The number of aryl methyl sites for hydroxylation is 1. The number of benzene rings is 3. The van der Waals surface area contributed by atoms with Gasteiger partial charge in [-0.3, -0.25) is 9.59 Å². The Balaban J connectivity index is 1.36. The first-order valence-corrected chi connectivity index (χ1v) is 10.4. The van der Waals surface area contributed by atoms with Crippen molar-refractivity contribution in [3.8, 4) is 11.5 Å². The highest BCUT2D eigenvalue weighted by Crippen LogP contribution is 2.29. The zero-order chi connectivity index (χ0) is 22.3. The quantitative estimate of drug-likeness (QED) is 0.415. The summed E-state index contributed by atoms with van der Waals surface area (Å²) in [5.74, 6) is 0.982. The fraction of sp³-hybridized carbons (Fsp3) is 0.160. The first-order valence-electron chi connectivity index (χ1n) is 10.4. The highest BCUT2D eigenvalue weighted by molar-refractivity contribution is 5.94. The summed E-state index contributed by atoms with van der Waals surface area (Å²) in [7, 11) is 0. The molecule has 1 N–H and O–H groups in total. The summed E-state index contributed by atoms with van der Waals surface area (Å²) in [5.41, 5.74) is 2.17. The molecule has 0 saturated heterocycles. The molecule has 0 atom stereocenters. The maximum atomic E-state index is 12.4. The van der Waals surface area contributed by atoms with Crippen molar-refractivity contribution in [3.63, 3.8) is 0 Å². The van der Waals surface area contributed by atoms with E-state index in [1.807, 2.05) is 72.2 Å². The van der Waals surface area contributed by atoms with Crippen LogP contribution in [0.1, 0.15) is 12.7 Å². The van der Waals surface area contributed by atoms with Crippen molar-refractivity contribution in [3.05, 3.63) is 84.7 Å². The van der Waals surface area contributed by atoms with Gasteiger partial charge in [-0.05, 0) is 36.4 Å². The summed E-state index contributed by atoms with van der Waals surface area (Å²) in [4.78, 5) is 29.3. The number of hydrogen-bond donors (Lipinski definition) is 1. The number of nitrogens with one attached hydrogen (secondary N) is 1. The molecule has 0 aliphatic carbocycles. The van der Waals surface area contributed by atoms with Gasteiger partial charge in [0.15, 0.2) is 12.4 Å². The number of aromatic nitrogens is 2. The Morgan fingerprint density at radius 2 is 1.66 bits per heavy atom. The molecule has 7 heteroatoms. The lowest BCUT2D eigenvalue weighted by atomic mass is 10.3. The standard InChI is InChI=1S/C25H23N3O4/c1-2-23-26-19-12-6-8-14-21(19)28(23)16-25(30)31-17-24(29)27-20-13-7-9-15-22(20)32-18-10-4-3-5-11-18/h3-15H,2,16-17H2,1H3,(H,27,29). The molecule has 3 aromatic carbocycles. The van der Waals surface area contributed by atoms with Crippen LogP contribution in [0.3, 0.4) is 0 Å². The van der Waals surface area contributed by atoms with Gasteiger partial charge in [0.1, 0.15) is 18.1 Å². The second kappa shape index (κ2) is 9.78. The minimum Gasteiger partial charge on any atom is -0.455 e. The van der Waals surface area contributed by atoms with Crippen LogP contribution < -0.4 is 10.1 Å². The fourth-order valence-corrected chi connectivity index (χ4v) is 3.35. The predicted octanol–water partition coefficient (Wildman–Crippen LogP) is 4.57. The van der Waals surface area contributed by atoms with E-state index in [0.29, 0.717) is 23.6 Å². The summed E-state index contributed by atoms with van der Waals surface area (Å²) < 4.78 is 12.9. The van der Waals surface area contributed by atoms with Gasteiger partial charge in [-0.15, -0.1) is 0 Å². The van der Waals surface area contributed by atoms with Crippen molar-refractivity contribution in [2.75, 3.05) is 11.9 Å². The van der Waals surface area contributed by atoms with E-state index in [1.54, 1.807) is 18.2 Å². The Kier molecular flexibility index (Phi) is 6.46. The van der Waals surface area contributed by atoms with Crippen molar-refractivity contribution in [1.82, 2.24) is 9.55 Å². The smallest absolute Gasteiger partial charge is 0.326 e. The number of esters is 1. The van der Waals surface area contributed by atoms with Gasteiger partial charge >= 0.3 is 5.97 Å². The molecule has 4 aromatic rings. The largest absolute Gasteiger partial charge is 0.455 e. The number of hydrogen-bond acceptors (Lipinski definition) is 5. The molecule has 0 aliphatic rings. The monoisotopic (exact) mass is 429 g/mol. The molecule has 0 spiro atoms. The topological polar surface area (TPSA) is 82.5 Å². The lowest BCUT2D eigenvalue weighted by molar-refractivity contribution is -0.147. The van der Waals surface area contributed by atoms with Gasteiger partial charge < -0.3 is 19.4 Å². The van der Waals surface area contributed by atoms with E-state index in [1.165, 1.54) is 0 Å². The molecule has 162 valence electrons. The number of imidazole rings is 1. The van der Waals surface area contributed by atoms with E-state index in [4.69, 9.17) is 9.47 Å². The molecule has 0 radical (unpaired) electrons. The Morgan fingerprint density at radius 1 is 0.938 bits per heavy atom. The first kappa shape index (κ1) is 21.1. The van der Waals surface area contributed by atoms with Crippen LogP contribution in [0.5, 0.6) is 11.5 Å². The molecule has 1 heterocycles. The zero-order valence-corrected chi connectivity index (χ0v) is 17.7. The molecular weight excluding hydrogens is 406 g/mol. The average molecular weight is 429 g/mol. The van der Waals surface area contributed by atoms with Gasteiger partial charge in [0.2, 0.25) is 0 Å². The van der Waals surface area contributed by atoms with Crippen LogP contribution in [0, 0.1) is 0 Å². The van der Waals surface area contributed by atoms with E-state index < -0.39 is 18.5 Å². The molecule has 4 rings (SSSR count). The first-order chi connectivity index (χ1) is 15.6. The maximum absolute atomic E-state index is 12.4. The van der Waals surface area contributed by atoms with Crippen molar-refractivity contribution in [2.45, 2.75) is 19.9 Å². The van der Waals surface area contributed by atoms with Gasteiger partial charge in [0, 0.05) is 6.42 Å². The van der Waals surface area contributed by atoms with E-state index in [0.717, 1.165) is 16.9 Å². The van der Waals surface area contributed by atoms with Crippen molar-refractivity contribution >= 4 is 28.6 Å². The van der Waals surface area contributed by atoms with Crippen LogP contribution in [0.4, 0.5) is 5.69 Å². The minimum absolute atomic E-state index is 0.00925. The number of fused-ring (bicyclic) bond motifs is 1. The van der Waals surface area contributed by atoms with Gasteiger partial charge in [0.05, 0.1) is 16.7 Å². The highest BCUT2D eigenvalue weighted by Gasteiger charge is 2.15. The fourth-order valence-electron chi connectivity index (χ4n) is 3.35. The number of anilines is 1. The van der Waals surface area contributed by atoms with Crippen LogP contribution in [-0.2, 0) is 27.3 Å². The van der Waals surface area contributed by atoms with E-state index in [-0.39, 0.29) is 6.54 Å². The van der Waals surface area contributed by atoms with Crippen LogP contribution in [0.25, 0.3) is 11.0 Å². The molecule has 7 nitrogen and oxygen atoms in total. The number of amides is 1. The zero-order valence-electron chi connectivity index (χ0n) is 17.7. The molecule has 0 fully saturated rings. The predicted molar refractivity (Wildman–Crippen MR) is 122 cm³/mol. The van der Waals surface area contributed by atoms with Crippen molar-refractivity contribution < 1.29 is 19.1 Å². The Bertz CT molecular complexity index is 1230. The summed E-state index contributed by atoms with van der Waals surface area (Å²) in [5, 5.41) is 2.74. The third-order valence-electron chi connectivity index (χ3n) is 4.83. The van der Waals surface area contributed by atoms with Crippen LogP contribution in [0.2, 0.25) is 0 Å². The maximum Gasteiger partial charge on any atom is 0.326 e. The summed E-state index contributed by atoms with van der Waals surface area (Å²) in [6, 6.07) is 24.0. The van der Waals surface area contributed by atoms with Crippen molar-refractivity contribution in [2.24, 2.45) is 0 Å². The van der Waals surface area contributed by atoms with Crippen molar-refractivity contribution in [1.29, 1.82) is 0 Å². The number of carbonyl (C=O) groups excluding carboxylic acids is 2. The Labute approximate surface area is 185 Å². The van der Waals surface area contributed by atoms with E-state index in [2.05, 4.69) is 10.3 Å². The van der Waals surface area contributed by atoms with Crippen LogP contribution in [-0.4, -0.2) is 28.0 Å². The minimum atomic E-state index is -0.508. The van der Waals surface area contributed by atoms with Gasteiger partial charge in [-0.2, -0.15) is 0 Å². The number of para-hydroxylation sites is 5. The normalized spacial score (nSPS) is 10.7.